The Morgan fingerprint density at radius 3 is 2.82 bits per heavy atom. The van der Waals surface area contributed by atoms with Gasteiger partial charge < -0.3 is 11.1 Å². The minimum Gasteiger partial charge on any atom is -0.350 e. The van der Waals surface area contributed by atoms with E-state index in [0.29, 0.717) is 24.0 Å². The summed E-state index contributed by atoms with van der Waals surface area (Å²) in [6.45, 7) is 6.29. The Bertz CT molecular complexity index is 749. The van der Waals surface area contributed by atoms with Crippen molar-refractivity contribution < 1.29 is 4.79 Å². The molecular formula is C16H22N4O2. The normalized spacial score (nSPS) is 11.6. The van der Waals surface area contributed by atoms with Gasteiger partial charge in [-0.3, -0.25) is 14.2 Å². The summed E-state index contributed by atoms with van der Waals surface area (Å²) in [6.07, 6.45) is 1.71. The van der Waals surface area contributed by atoms with Gasteiger partial charge in [0.2, 0.25) is 5.91 Å². The molecule has 1 aromatic heterocycles. The smallest absolute Gasteiger partial charge is 0.261 e. The second-order valence-corrected chi connectivity index (χ2v) is 6.10. The first-order valence-corrected chi connectivity index (χ1v) is 7.30. The number of hydrogen-bond acceptors (Lipinski definition) is 4. The number of nitrogens with zero attached hydrogens (tertiary/aromatic N) is 2. The molecule has 118 valence electrons. The summed E-state index contributed by atoms with van der Waals surface area (Å²) in [5.74, 6) is -0.133. The lowest BCUT2D eigenvalue weighted by Crippen LogP contribution is -2.49. The van der Waals surface area contributed by atoms with Gasteiger partial charge in [-0.2, -0.15) is 0 Å². The van der Waals surface area contributed by atoms with Crippen LogP contribution in [0.4, 0.5) is 0 Å². The highest BCUT2D eigenvalue weighted by Gasteiger charge is 2.18. The number of aryl methyl sites for hydroxylation is 2. The number of nitrogens with two attached hydrogens (primary N) is 1. The maximum Gasteiger partial charge on any atom is 0.261 e. The van der Waals surface area contributed by atoms with E-state index in [1.54, 1.807) is 6.07 Å². The monoisotopic (exact) mass is 302 g/mol. The third-order valence-corrected chi connectivity index (χ3v) is 3.62. The molecule has 3 N–H and O–H groups in total. The van der Waals surface area contributed by atoms with E-state index in [1.807, 2.05) is 32.9 Å². The first-order chi connectivity index (χ1) is 10.3. The lowest BCUT2D eigenvalue weighted by Gasteiger charge is -2.24. The molecule has 2 rings (SSSR count). The highest BCUT2D eigenvalue weighted by atomic mass is 16.2. The van der Waals surface area contributed by atoms with Crippen LogP contribution < -0.4 is 16.6 Å². The maximum atomic E-state index is 12.4. The molecule has 0 spiro atoms. The molecule has 0 saturated heterocycles. The van der Waals surface area contributed by atoms with Crippen LogP contribution >= 0.6 is 0 Å². The fourth-order valence-electron chi connectivity index (χ4n) is 2.21. The van der Waals surface area contributed by atoms with Crippen LogP contribution in [-0.2, 0) is 11.3 Å². The van der Waals surface area contributed by atoms with Crippen LogP contribution in [0.2, 0.25) is 0 Å². The van der Waals surface area contributed by atoms with Crippen LogP contribution in [0.15, 0.2) is 29.3 Å². The highest BCUT2D eigenvalue weighted by Crippen LogP contribution is 2.11. The SMILES string of the molecule is Cc1cccc2c(=O)n(CCC(=O)NC(C)(C)CN)cnc12. The van der Waals surface area contributed by atoms with E-state index in [1.165, 1.54) is 10.9 Å². The van der Waals surface area contributed by atoms with Gasteiger partial charge in [0.05, 0.1) is 17.2 Å². The molecule has 2 aromatic rings. The van der Waals surface area contributed by atoms with Crippen molar-refractivity contribution in [3.05, 3.63) is 40.4 Å². The Labute approximate surface area is 129 Å². The fraction of sp³-hybridized carbons (Fsp3) is 0.438. The van der Waals surface area contributed by atoms with Gasteiger partial charge in [0.15, 0.2) is 0 Å². The number of carbonyl (C=O) groups excluding carboxylic acids is 1. The van der Waals surface area contributed by atoms with Gasteiger partial charge in [-0.15, -0.1) is 0 Å². The summed E-state index contributed by atoms with van der Waals surface area (Å²) in [5, 5.41) is 3.42. The largest absolute Gasteiger partial charge is 0.350 e. The number of para-hydroxylation sites is 1. The average Bonchev–Trinajstić information content (AvgIpc) is 2.47. The van der Waals surface area contributed by atoms with Gasteiger partial charge >= 0.3 is 0 Å². The first-order valence-electron chi connectivity index (χ1n) is 7.30. The van der Waals surface area contributed by atoms with Crippen LogP contribution in [0.5, 0.6) is 0 Å². The van der Waals surface area contributed by atoms with Crippen molar-refractivity contribution in [1.29, 1.82) is 0 Å². The topological polar surface area (TPSA) is 90.0 Å². The number of aromatic nitrogens is 2. The van der Waals surface area contributed by atoms with Gasteiger partial charge in [-0.25, -0.2) is 4.98 Å². The summed E-state index contributed by atoms with van der Waals surface area (Å²) in [7, 11) is 0. The van der Waals surface area contributed by atoms with Crippen molar-refractivity contribution in [2.75, 3.05) is 6.54 Å². The van der Waals surface area contributed by atoms with Crippen molar-refractivity contribution in [2.45, 2.75) is 39.3 Å². The first kappa shape index (κ1) is 16.2. The molecule has 22 heavy (non-hydrogen) atoms. The van der Waals surface area contributed by atoms with Crippen LogP contribution in [-0.4, -0.2) is 27.5 Å². The molecule has 1 amide bonds. The molecule has 6 nitrogen and oxygen atoms in total. The molecule has 0 aliphatic heterocycles. The minimum absolute atomic E-state index is 0.125. The molecule has 0 aliphatic carbocycles. The van der Waals surface area contributed by atoms with E-state index in [-0.39, 0.29) is 17.9 Å². The molecule has 1 heterocycles. The summed E-state index contributed by atoms with van der Waals surface area (Å²) in [5.41, 5.74) is 6.68. The van der Waals surface area contributed by atoms with E-state index in [4.69, 9.17) is 5.73 Å². The third-order valence-electron chi connectivity index (χ3n) is 3.62. The lowest BCUT2D eigenvalue weighted by atomic mass is 10.1. The number of carbonyl (C=O) groups is 1. The van der Waals surface area contributed by atoms with Gasteiger partial charge in [-0.05, 0) is 32.4 Å². The van der Waals surface area contributed by atoms with Crippen molar-refractivity contribution >= 4 is 16.8 Å². The standard InChI is InChI=1S/C16H22N4O2/c1-11-5-4-6-12-14(11)18-10-20(15(12)22)8-7-13(21)19-16(2,3)9-17/h4-6,10H,7-9,17H2,1-3H3,(H,19,21). The van der Waals surface area contributed by atoms with Crippen LogP contribution in [0.25, 0.3) is 10.9 Å². The van der Waals surface area contributed by atoms with E-state index in [0.717, 1.165) is 5.56 Å². The molecule has 0 aliphatic rings. The molecule has 0 atom stereocenters. The zero-order chi connectivity index (χ0) is 16.3. The minimum atomic E-state index is -0.444. The molecule has 0 unspecified atom stereocenters. The van der Waals surface area contributed by atoms with Gasteiger partial charge in [0.25, 0.3) is 5.56 Å². The van der Waals surface area contributed by atoms with Gasteiger partial charge in [0, 0.05) is 25.0 Å². The quantitative estimate of drug-likeness (QED) is 0.860. The number of amides is 1. The summed E-state index contributed by atoms with van der Waals surface area (Å²) in [4.78, 5) is 28.6. The second kappa shape index (κ2) is 6.27. The summed E-state index contributed by atoms with van der Waals surface area (Å²) < 4.78 is 1.47. The van der Waals surface area contributed by atoms with E-state index >= 15 is 0 Å². The molecule has 6 heteroatoms. The molecule has 1 aromatic carbocycles. The summed E-state index contributed by atoms with van der Waals surface area (Å²) in [6, 6.07) is 5.51. The maximum absolute atomic E-state index is 12.4. The number of hydrogen-bond donors (Lipinski definition) is 2. The second-order valence-electron chi connectivity index (χ2n) is 6.10. The van der Waals surface area contributed by atoms with Crippen LogP contribution in [0.3, 0.4) is 0 Å². The van der Waals surface area contributed by atoms with Crippen molar-refractivity contribution in [3.8, 4) is 0 Å². The van der Waals surface area contributed by atoms with E-state index in [2.05, 4.69) is 10.3 Å². The predicted molar refractivity (Wildman–Crippen MR) is 86.6 cm³/mol. The lowest BCUT2D eigenvalue weighted by molar-refractivity contribution is -0.122. The Hall–Kier alpha value is -2.21. The van der Waals surface area contributed by atoms with Gasteiger partial charge in [-0.1, -0.05) is 12.1 Å². The number of nitrogens with one attached hydrogen (secondary N) is 1. The molecule has 0 saturated carbocycles. The van der Waals surface area contributed by atoms with Crippen molar-refractivity contribution in [3.63, 3.8) is 0 Å². The molecule has 0 bridgehead atoms. The molecule has 0 fully saturated rings. The van der Waals surface area contributed by atoms with Crippen molar-refractivity contribution in [1.82, 2.24) is 14.9 Å². The van der Waals surface area contributed by atoms with Crippen LogP contribution in [0, 0.1) is 6.92 Å². The zero-order valence-electron chi connectivity index (χ0n) is 13.2. The fourth-order valence-corrected chi connectivity index (χ4v) is 2.21. The molecule has 0 radical (unpaired) electrons. The van der Waals surface area contributed by atoms with E-state index < -0.39 is 5.54 Å². The zero-order valence-corrected chi connectivity index (χ0v) is 13.2. The Morgan fingerprint density at radius 2 is 2.14 bits per heavy atom. The highest BCUT2D eigenvalue weighted by molar-refractivity contribution is 5.80. The summed E-state index contributed by atoms with van der Waals surface area (Å²) >= 11 is 0. The van der Waals surface area contributed by atoms with Crippen molar-refractivity contribution in [2.24, 2.45) is 5.73 Å². The van der Waals surface area contributed by atoms with Gasteiger partial charge in [0.1, 0.15) is 0 Å². The Morgan fingerprint density at radius 1 is 1.41 bits per heavy atom. The Kier molecular flexibility index (Phi) is 4.61. The predicted octanol–water partition coefficient (Wildman–Crippen LogP) is 0.949. The number of benzene rings is 1. The number of fused-ring (bicyclic) bond motifs is 1. The molecular weight excluding hydrogens is 280 g/mol. The third kappa shape index (κ3) is 3.51. The Balaban J connectivity index is 2.15. The average molecular weight is 302 g/mol. The number of rotatable bonds is 5. The van der Waals surface area contributed by atoms with E-state index in [9.17, 15) is 9.59 Å². The van der Waals surface area contributed by atoms with Crippen LogP contribution in [0.1, 0.15) is 25.8 Å².